The van der Waals surface area contributed by atoms with Gasteiger partial charge in [-0.2, -0.15) is 0 Å². The summed E-state index contributed by atoms with van der Waals surface area (Å²) in [5.74, 6) is 1.73. The molecule has 0 amide bonds. The Bertz CT molecular complexity index is 172. The molecule has 1 atom stereocenters. The highest BCUT2D eigenvalue weighted by Crippen LogP contribution is 2.23. The van der Waals surface area contributed by atoms with Gasteiger partial charge in [0, 0.05) is 5.75 Å². The maximum atomic E-state index is 10.9. The van der Waals surface area contributed by atoms with Gasteiger partial charge in [0.05, 0.1) is 15.6 Å². The van der Waals surface area contributed by atoms with E-state index in [1.807, 2.05) is 0 Å². The molecule has 0 saturated carbocycles. The summed E-state index contributed by atoms with van der Waals surface area (Å²) >= 11 is 0. The Hall–Kier alpha value is 0.240. The Labute approximate surface area is 61.8 Å². The fourth-order valence-electron chi connectivity index (χ4n) is 0.619. The highest BCUT2D eigenvalue weighted by atomic mass is 33.1. The van der Waals surface area contributed by atoms with E-state index < -0.39 is 9.83 Å². The number of hydrogen-bond donors (Lipinski definition) is 0. The second kappa shape index (κ2) is 2.88. The fourth-order valence-corrected chi connectivity index (χ4v) is 3.56. The van der Waals surface area contributed by atoms with Crippen LogP contribution in [0.15, 0.2) is 11.1 Å². The van der Waals surface area contributed by atoms with Crippen molar-refractivity contribution < 1.29 is 4.21 Å². The first-order chi connectivity index (χ1) is 4.20. The topological polar surface area (TPSA) is 17.1 Å². The van der Waals surface area contributed by atoms with Crippen molar-refractivity contribution in [2.75, 3.05) is 11.5 Å². The smallest absolute Gasteiger partial charge is 0.0848 e. The van der Waals surface area contributed by atoms with E-state index in [2.05, 4.69) is 13.8 Å². The van der Waals surface area contributed by atoms with Crippen LogP contribution in [0.1, 0.15) is 13.8 Å². The zero-order valence-corrected chi connectivity index (χ0v) is 7.27. The first kappa shape index (κ1) is 7.35. The second-order valence-corrected chi connectivity index (χ2v) is 5.51. The fraction of sp³-hybridized carbons (Fsp3) is 0.667. The molecule has 0 fully saturated rings. The predicted molar refractivity (Wildman–Crippen MR) is 43.8 cm³/mol. The van der Waals surface area contributed by atoms with E-state index in [4.69, 9.17) is 0 Å². The average Bonchev–Trinajstić information content (AvgIpc) is 1.80. The summed E-state index contributed by atoms with van der Waals surface area (Å²) in [6, 6.07) is 0. The van der Waals surface area contributed by atoms with Crippen molar-refractivity contribution >= 4 is 20.6 Å². The minimum Gasteiger partial charge on any atom is -0.248 e. The molecule has 0 spiro atoms. The van der Waals surface area contributed by atoms with E-state index in [1.54, 1.807) is 10.8 Å². The van der Waals surface area contributed by atoms with Gasteiger partial charge in [0.1, 0.15) is 0 Å². The van der Waals surface area contributed by atoms with Gasteiger partial charge < -0.3 is 0 Å². The molecule has 0 N–H and O–H groups in total. The molecular formula is C6H10OS2. The lowest BCUT2D eigenvalue weighted by molar-refractivity contribution is 0.692. The van der Waals surface area contributed by atoms with E-state index >= 15 is 0 Å². The molecule has 52 valence electrons. The van der Waals surface area contributed by atoms with E-state index in [0.29, 0.717) is 0 Å². The minimum absolute atomic E-state index is 0.632. The van der Waals surface area contributed by atoms with Gasteiger partial charge in [0.25, 0.3) is 0 Å². The number of rotatable bonds is 0. The Morgan fingerprint density at radius 1 is 1.44 bits per heavy atom. The van der Waals surface area contributed by atoms with Gasteiger partial charge in [-0.25, -0.2) is 4.21 Å². The Morgan fingerprint density at radius 2 is 2.11 bits per heavy atom. The van der Waals surface area contributed by atoms with Crippen LogP contribution in [-0.2, 0) is 9.83 Å². The molecule has 0 radical (unpaired) electrons. The lowest BCUT2D eigenvalue weighted by Crippen LogP contribution is -2.05. The van der Waals surface area contributed by atoms with Crippen molar-refractivity contribution in [2.45, 2.75) is 13.8 Å². The summed E-state index contributed by atoms with van der Waals surface area (Å²) in [5.41, 5.74) is 2.71. The highest BCUT2D eigenvalue weighted by molar-refractivity contribution is 8.69. The van der Waals surface area contributed by atoms with Crippen molar-refractivity contribution in [3.05, 3.63) is 11.1 Å². The third-order valence-electron chi connectivity index (χ3n) is 1.47. The molecule has 0 saturated heterocycles. The Morgan fingerprint density at radius 3 is 2.56 bits per heavy atom. The van der Waals surface area contributed by atoms with Gasteiger partial charge in [0.2, 0.25) is 0 Å². The van der Waals surface area contributed by atoms with Crippen LogP contribution >= 0.6 is 10.8 Å². The normalized spacial score (nSPS) is 28.9. The molecule has 3 heteroatoms. The van der Waals surface area contributed by atoms with Crippen LogP contribution in [0.5, 0.6) is 0 Å². The van der Waals surface area contributed by atoms with Crippen molar-refractivity contribution in [1.29, 1.82) is 0 Å². The van der Waals surface area contributed by atoms with E-state index in [1.165, 1.54) is 11.1 Å². The van der Waals surface area contributed by atoms with Crippen LogP contribution in [0.4, 0.5) is 0 Å². The van der Waals surface area contributed by atoms with Gasteiger partial charge >= 0.3 is 0 Å². The maximum Gasteiger partial charge on any atom is 0.0848 e. The lowest BCUT2D eigenvalue weighted by atomic mass is 10.2. The van der Waals surface area contributed by atoms with Gasteiger partial charge in [-0.3, -0.25) is 0 Å². The Kier molecular flexibility index (Phi) is 2.35. The molecule has 1 heterocycles. The summed E-state index contributed by atoms with van der Waals surface area (Å²) in [6.45, 7) is 4.17. The molecule has 1 unspecified atom stereocenters. The summed E-state index contributed by atoms with van der Waals surface area (Å²) in [7, 11) is 0.912. The molecular weight excluding hydrogens is 152 g/mol. The highest BCUT2D eigenvalue weighted by Gasteiger charge is 2.10. The largest absolute Gasteiger partial charge is 0.248 e. The molecule has 0 aromatic rings. The number of hydrogen-bond acceptors (Lipinski definition) is 2. The first-order valence-corrected chi connectivity index (χ1v) is 5.69. The minimum atomic E-state index is -0.632. The average molecular weight is 162 g/mol. The van der Waals surface area contributed by atoms with Crippen LogP contribution in [0.25, 0.3) is 0 Å². The molecule has 9 heavy (non-hydrogen) atoms. The van der Waals surface area contributed by atoms with Gasteiger partial charge in [-0.1, -0.05) is 21.9 Å². The Balaban J connectivity index is 2.72. The monoisotopic (exact) mass is 162 g/mol. The third-order valence-corrected chi connectivity index (χ3v) is 4.45. The van der Waals surface area contributed by atoms with Crippen LogP contribution in [-0.4, -0.2) is 15.7 Å². The predicted octanol–water partition coefficient (Wildman–Crippen LogP) is 1.73. The van der Waals surface area contributed by atoms with Gasteiger partial charge in [0.15, 0.2) is 0 Å². The maximum absolute atomic E-state index is 10.9. The SMILES string of the molecule is CC1=C(C)CS(=O)SC1. The molecule has 1 nitrogen and oxygen atoms in total. The molecule has 1 aliphatic heterocycles. The van der Waals surface area contributed by atoms with Crippen molar-refractivity contribution in [3.63, 3.8) is 0 Å². The zero-order valence-electron chi connectivity index (χ0n) is 5.64. The molecule has 0 aromatic carbocycles. The summed E-state index contributed by atoms with van der Waals surface area (Å²) in [4.78, 5) is 0. The standard InChI is InChI=1S/C6H10OS2/c1-5-3-8-9(7)4-6(5)2/h3-4H2,1-2H3. The van der Waals surface area contributed by atoms with E-state index in [-0.39, 0.29) is 0 Å². The molecule has 1 rings (SSSR count). The summed E-state index contributed by atoms with van der Waals surface area (Å²) in [6.07, 6.45) is 0. The molecule has 0 bridgehead atoms. The van der Waals surface area contributed by atoms with Crippen molar-refractivity contribution in [1.82, 2.24) is 0 Å². The second-order valence-electron chi connectivity index (χ2n) is 2.27. The zero-order chi connectivity index (χ0) is 6.85. The molecule has 1 aliphatic rings. The van der Waals surface area contributed by atoms with Crippen molar-refractivity contribution in [2.24, 2.45) is 0 Å². The first-order valence-electron chi connectivity index (χ1n) is 2.87. The lowest BCUT2D eigenvalue weighted by Gasteiger charge is -2.12. The molecule has 0 aromatic heterocycles. The third kappa shape index (κ3) is 1.83. The van der Waals surface area contributed by atoms with E-state index in [9.17, 15) is 4.21 Å². The van der Waals surface area contributed by atoms with Crippen LogP contribution in [0.3, 0.4) is 0 Å². The van der Waals surface area contributed by atoms with Gasteiger partial charge in [-0.15, -0.1) is 0 Å². The van der Waals surface area contributed by atoms with Crippen molar-refractivity contribution in [3.8, 4) is 0 Å². The van der Waals surface area contributed by atoms with E-state index in [0.717, 1.165) is 11.5 Å². The van der Waals surface area contributed by atoms with Crippen LogP contribution in [0, 0.1) is 0 Å². The summed E-state index contributed by atoms with van der Waals surface area (Å²) in [5, 5.41) is 0. The summed E-state index contributed by atoms with van der Waals surface area (Å²) < 4.78 is 10.9. The van der Waals surface area contributed by atoms with Gasteiger partial charge in [-0.05, 0) is 13.8 Å². The molecule has 0 aliphatic carbocycles. The quantitative estimate of drug-likeness (QED) is 0.398. The van der Waals surface area contributed by atoms with Crippen LogP contribution in [0.2, 0.25) is 0 Å². The van der Waals surface area contributed by atoms with Crippen LogP contribution < -0.4 is 0 Å².